The van der Waals surface area contributed by atoms with Crippen LogP contribution in [0.5, 0.6) is 0 Å². The zero-order valence-corrected chi connectivity index (χ0v) is 10.0. The molecule has 0 unspecified atom stereocenters. The van der Waals surface area contributed by atoms with Crippen LogP contribution in [-0.2, 0) is 16.6 Å². The standard InChI is InChI=1S/C12H16N2O3/c1-13-7-3-5-9(13)11(15)14-8-4-6-10(14)12(16)17-2/h3,5,7,10H,4,6,8H2,1-2H3/t10-/m0/s1. The summed E-state index contributed by atoms with van der Waals surface area (Å²) in [4.78, 5) is 25.4. The number of rotatable bonds is 2. The minimum Gasteiger partial charge on any atom is -0.467 e. The van der Waals surface area contributed by atoms with E-state index in [2.05, 4.69) is 0 Å². The smallest absolute Gasteiger partial charge is 0.328 e. The van der Waals surface area contributed by atoms with Crippen molar-refractivity contribution in [2.45, 2.75) is 18.9 Å². The Morgan fingerprint density at radius 3 is 2.82 bits per heavy atom. The number of amides is 1. The zero-order chi connectivity index (χ0) is 12.4. The number of methoxy groups -OCH3 is 1. The molecule has 1 saturated heterocycles. The van der Waals surface area contributed by atoms with Gasteiger partial charge in [-0.3, -0.25) is 4.79 Å². The fraction of sp³-hybridized carbons (Fsp3) is 0.500. The fourth-order valence-corrected chi connectivity index (χ4v) is 2.22. The number of hydrogen-bond donors (Lipinski definition) is 0. The average molecular weight is 236 g/mol. The maximum atomic E-state index is 12.3. The third kappa shape index (κ3) is 2.05. The number of likely N-dealkylation sites (tertiary alicyclic amines) is 1. The van der Waals surface area contributed by atoms with Crippen molar-refractivity contribution in [2.24, 2.45) is 7.05 Å². The van der Waals surface area contributed by atoms with Gasteiger partial charge in [0.05, 0.1) is 7.11 Å². The summed E-state index contributed by atoms with van der Waals surface area (Å²) in [6.45, 7) is 0.615. The van der Waals surface area contributed by atoms with Gasteiger partial charge in [-0.15, -0.1) is 0 Å². The van der Waals surface area contributed by atoms with Crippen molar-refractivity contribution >= 4 is 11.9 Å². The third-order valence-electron chi connectivity index (χ3n) is 3.15. The number of nitrogens with zero attached hydrogens (tertiary/aromatic N) is 2. The molecule has 0 bridgehead atoms. The van der Waals surface area contributed by atoms with Gasteiger partial charge in [-0.05, 0) is 25.0 Å². The second-order valence-corrected chi connectivity index (χ2v) is 4.18. The van der Waals surface area contributed by atoms with E-state index in [9.17, 15) is 9.59 Å². The average Bonchev–Trinajstić information content (AvgIpc) is 2.95. The molecule has 1 fully saturated rings. The molecule has 0 aromatic carbocycles. The van der Waals surface area contributed by atoms with Crippen LogP contribution in [0.3, 0.4) is 0 Å². The SMILES string of the molecule is COC(=O)[C@@H]1CCCN1C(=O)c1cccn1C. The van der Waals surface area contributed by atoms with Crippen molar-refractivity contribution in [2.75, 3.05) is 13.7 Å². The molecular formula is C12H16N2O3. The van der Waals surface area contributed by atoms with Gasteiger partial charge in [-0.25, -0.2) is 4.79 Å². The summed E-state index contributed by atoms with van der Waals surface area (Å²) >= 11 is 0. The molecule has 0 aliphatic carbocycles. The molecule has 5 heteroatoms. The van der Waals surface area contributed by atoms with Gasteiger partial charge in [0.1, 0.15) is 11.7 Å². The van der Waals surface area contributed by atoms with Crippen LogP contribution in [0.1, 0.15) is 23.3 Å². The summed E-state index contributed by atoms with van der Waals surface area (Å²) in [6.07, 6.45) is 3.34. The molecule has 1 aromatic heterocycles. The van der Waals surface area contributed by atoms with Crippen molar-refractivity contribution in [1.82, 2.24) is 9.47 Å². The Hall–Kier alpha value is -1.78. The summed E-state index contributed by atoms with van der Waals surface area (Å²) in [5, 5.41) is 0. The number of carbonyl (C=O) groups excluding carboxylic acids is 2. The molecule has 1 aromatic rings. The van der Waals surface area contributed by atoms with Crippen molar-refractivity contribution in [3.8, 4) is 0 Å². The lowest BCUT2D eigenvalue weighted by molar-refractivity contribution is -0.145. The Balaban J connectivity index is 2.19. The first kappa shape index (κ1) is 11.7. The molecule has 2 rings (SSSR count). The van der Waals surface area contributed by atoms with Crippen molar-refractivity contribution < 1.29 is 14.3 Å². The number of aromatic nitrogens is 1. The molecule has 0 radical (unpaired) electrons. The lowest BCUT2D eigenvalue weighted by Crippen LogP contribution is -2.41. The first-order valence-electron chi connectivity index (χ1n) is 5.65. The number of aryl methyl sites for hydroxylation is 1. The van der Waals surface area contributed by atoms with E-state index >= 15 is 0 Å². The Morgan fingerprint density at radius 2 is 2.24 bits per heavy atom. The Labute approximate surface area is 100.0 Å². The first-order chi connectivity index (χ1) is 8.15. The molecule has 1 aliphatic rings. The summed E-state index contributed by atoms with van der Waals surface area (Å²) in [5.74, 6) is -0.435. The lowest BCUT2D eigenvalue weighted by atomic mass is 10.2. The van der Waals surface area contributed by atoms with Gasteiger partial charge < -0.3 is 14.2 Å². The zero-order valence-electron chi connectivity index (χ0n) is 10.0. The van der Waals surface area contributed by atoms with Crippen LogP contribution in [0.4, 0.5) is 0 Å². The predicted molar refractivity (Wildman–Crippen MR) is 61.5 cm³/mol. The largest absolute Gasteiger partial charge is 0.467 e. The van der Waals surface area contributed by atoms with Gasteiger partial charge >= 0.3 is 5.97 Å². The molecule has 0 saturated carbocycles. The van der Waals surface area contributed by atoms with Crippen LogP contribution in [0, 0.1) is 0 Å². The molecule has 2 heterocycles. The molecule has 1 atom stereocenters. The Kier molecular flexibility index (Phi) is 3.17. The van der Waals surface area contributed by atoms with Crippen LogP contribution in [-0.4, -0.2) is 41.0 Å². The molecule has 0 N–H and O–H groups in total. The maximum Gasteiger partial charge on any atom is 0.328 e. The highest BCUT2D eigenvalue weighted by Gasteiger charge is 2.35. The Bertz CT molecular complexity index is 439. The van der Waals surface area contributed by atoms with E-state index in [1.807, 2.05) is 19.3 Å². The van der Waals surface area contributed by atoms with E-state index < -0.39 is 6.04 Å². The van der Waals surface area contributed by atoms with Gasteiger partial charge in [0.15, 0.2) is 0 Å². The molecule has 1 aliphatic heterocycles. The summed E-state index contributed by atoms with van der Waals surface area (Å²) in [5.41, 5.74) is 0.598. The maximum absolute atomic E-state index is 12.3. The highest BCUT2D eigenvalue weighted by molar-refractivity contribution is 5.96. The minimum atomic E-state index is -0.428. The summed E-state index contributed by atoms with van der Waals surface area (Å²) in [7, 11) is 3.17. The third-order valence-corrected chi connectivity index (χ3v) is 3.15. The van der Waals surface area contributed by atoms with Crippen LogP contribution in [0.2, 0.25) is 0 Å². The number of esters is 1. The van der Waals surface area contributed by atoms with E-state index in [0.717, 1.165) is 6.42 Å². The molecular weight excluding hydrogens is 220 g/mol. The Morgan fingerprint density at radius 1 is 1.47 bits per heavy atom. The van der Waals surface area contributed by atoms with E-state index in [4.69, 9.17) is 4.74 Å². The highest BCUT2D eigenvalue weighted by Crippen LogP contribution is 2.21. The molecule has 0 spiro atoms. The number of carbonyl (C=O) groups is 2. The minimum absolute atomic E-state index is 0.106. The molecule has 17 heavy (non-hydrogen) atoms. The van der Waals surface area contributed by atoms with E-state index in [1.165, 1.54) is 7.11 Å². The normalized spacial score (nSPS) is 19.4. The van der Waals surface area contributed by atoms with Gasteiger partial charge in [0.2, 0.25) is 0 Å². The van der Waals surface area contributed by atoms with Crippen molar-refractivity contribution in [1.29, 1.82) is 0 Å². The number of hydrogen-bond acceptors (Lipinski definition) is 3. The van der Waals surface area contributed by atoms with Gasteiger partial charge in [0.25, 0.3) is 5.91 Å². The predicted octanol–water partition coefficient (Wildman–Crippen LogP) is 0.803. The van der Waals surface area contributed by atoms with Crippen molar-refractivity contribution in [3.63, 3.8) is 0 Å². The molecule has 5 nitrogen and oxygen atoms in total. The van der Waals surface area contributed by atoms with Crippen LogP contribution < -0.4 is 0 Å². The van der Waals surface area contributed by atoms with Gasteiger partial charge in [-0.2, -0.15) is 0 Å². The van der Waals surface area contributed by atoms with Crippen molar-refractivity contribution in [3.05, 3.63) is 24.0 Å². The van der Waals surface area contributed by atoms with E-state index in [0.29, 0.717) is 18.7 Å². The first-order valence-corrected chi connectivity index (χ1v) is 5.65. The topological polar surface area (TPSA) is 51.5 Å². The lowest BCUT2D eigenvalue weighted by Gasteiger charge is -2.22. The molecule has 92 valence electrons. The summed E-state index contributed by atoms with van der Waals surface area (Å²) < 4.78 is 6.48. The van der Waals surface area contributed by atoms with Crippen LogP contribution in [0.15, 0.2) is 18.3 Å². The van der Waals surface area contributed by atoms with Crippen LogP contribution in [0.25, 0.3) is 0 Å². The second kappa shape index (κ2) is 4.61. The van der Waals surface area contributed by atoms with E-state index in [-0.39, 0.29) is 11.9 Å². The van der Waals surface area contributed by atoms with Gasteiger partial charge in [0, 0.05) is 19.8 Å². The van der Waals surface area contributed by atoms with Crippen LogP contribution >= 0.6 is 0 Å². The molecule has 1 amide bonds. The second-order valence-electron chi connectivity index (χ2n) is 4.18. The highest BCUT2D eigenvalue weighted by atomic mass is 16.5. The number of ether oxygens (including phenoxy) is 1. The quantitative estimate of drug-likeness (QED) is 0.714. The summed E-state index contributed by atoms with van der Waals surface area (Å²) in [6, 6.07) is 3.15. The fourth-order valence-electron chi connectivity index (χ4n) is 2.22. The van der Waals surface area contributed by atoms with E-state index in [1.54, 1.807) is 15.5 Å². The van der Waals surface area contributed by atoms with Gasteiger partial charge in [-0.1, -0.05) is 0 Å². The monoisotopic (exact) mass is 236 g/mol.